The molecule has 4 nitrogen and oxygen atoms in total. The van der Waals surface area contributed by atoms with Gasteiger partial charge in [-0.05, 0) is 45.0 Å². The van der Waals surface area contributed by atoms with Crippen LogP contribution in [0.5, 0.6) is 0 Å². The van der Waals surface area contributed by atoms with Gasteiger partial charge < -0.3 is 0 Å². The summed E-state index contributed by atoms with van der Waals surface area (Å²) < 4.78 is 0. The standard InChI is InChI=1S/C16H28N4/c1-16(2,3)15-10-13(17-18-15)11-19-7-5-9-20-8-4-6-14(20)12-19/h10,14H,4-9,11-12H2,1-3H3,(H,17,18)/t14-/m0/s1. The average Bonchev–Trinajstić information content (AvgIpc) is 2.95. The number of aromatic amines is 1. The van der Waals surface area contributed by atoms with Gasteiger partial charge in [0.1, 0.15) is 0 Å². The summed E-state index contributed by atoms with van der Waals surface area (Å²) in [4.78, 5) is 5.30. The van der Waals surface area contributed by atoms with Gasteiger partial charge in [0.25, 0.3) is 0 Å². The molecule has 2 saturated heterocycles. The second kappa shape index (κ2) is 5.49. The van der Waals surface area contributed by atoms with Crippen LogP contribution in [0.1, 0.15) is 51.4 Å². The number of fused-ring (bicyclic) bond motifs is 1. The summed E-state index contributed by atoms with van der Waals surface area (Å²) in [6.07, 6.45) is 4.07. The SMILES string of the molecule is CC(C)(C)c1cc(CN2CCCN3CCC[C@H]3C2)[nH]n1. The molecule has 0 aromatic carbocycles. The molecule has 0 radical (unpaired) electrons. The molecular formula is C16H28N4. The molecule has 2 aliphatic rings. The molecule has 0 amide bonds. The number of nitrogens with zero attached hydrogens (tertiary/aromatic N) is 3. The van der Waals surface area contributed by atoms with Crippen molar-refractivity contribution in [1.82, 2.24) is 20.0 Å². The van der Waals surface area contributed by atoms with E-state index >= 15 is 0 Å². The van der Waals surface area contributed by atoms with Crippen LogP contribution in [0.3, 0.4) is 0 Å². The summed E-state index contributed by atoms with van der Waals surface area (Å²) in [7, 11) is 0. The van der Waals surface area contributed by atoms with Gasteiger partial charge >= 0.3 is 0 Å². The van der Waals surface area contributed by atoms with Crippen molar-refractivity contribution < 1.29 is 0 Å². The van der Waals surface area contributed by atoms with Crippen molar-refractivity contribution in [2.24, 2.45) is 0 Å². The minimum absolute atomic E-state index is 0.135. The summed E-state index contributed by atoms with van der Waals surface area (Å²) >= 11 is 0. The largest absolute Gasteiger partial charge is 0.299 e. The van der Waals surface area contributed by atoms with Crippen LogP contribution in [-0.4, -0.2) is 52.2 Å². The number of nitrogens with one attached hydrogen (secondary N) is 1. The van der Waals surface area contributed by atoms with Gasteiger partial charge in [0, 0.05) is 30.2 Å². The van der Waals surface area contributed by atoms with Crippen LogP contribution < -0.4 is 0 Å². The first kappa shape index (κ1) is 14.1. The van der Waals surface area contributed by atoms with E-state index in [9.17, 15) is 0 Å². The Hall–Kier alpha value is -0.870. The van der Waals surface area contributed by atoms with Crippen LogP contribution in [-0.2, 0) is 12.0 Å². The van der Waals surface area contributed by atoms with E-state index in [1.54, 1.807) is 0 Å². The fourth-order valence-electron chi connectivity index (χ4n) is 3.49. The Balaban J connectivity index is 1.63. The Bertz CT molecular complexity index is 446. The van der Waals surface area contributed by atoms with E-state index in [0.29, 0.717) is 0 Å². The molecule has 1 aromatic heterocycles. The molecule has 3 rings (SSSR count). The lowest BCUT2D eigenvalue weighted by atomic mass is 9.92. The summed E-state index contributed by atoms with van der Waals surface area (Å²) in [6.45, 7) is 12.7. The molecule has 0 saturated carbocycles. The van der Waals surface area contributed by atoms with Crippen LogP contribution >= 0.6 is 0 Å². The number of hydrogen-bond acceptors (Lipinski definition) is 3. The van der Waals surface area contributed by atoms with E-state index in [0.717, 1.165) is 12.6 Å². The summed E-state index contributed by atoms with van der Waals surface area (Å²) in [6, 6.07) is 3.04. The van der Waals surface area contributed by atoms with E-state index in [1.165, 1.54) is 56.8 Å². The van der Waals surface area contributed by atoms with Crippen molar-refractivity contribution in [3.8, 4) is 0 Å². The van der Waals surface area contributed by atoms with Crippen LogP contribution in [0.2, 0.25) is 0 Å². The topological polar surface area (TPSA) is 35.2 Å². The molecule has 20 heavy (non-hydrogen) atoms. The van der Waals surface area contributed by atoms with Gasteiger partial charge in [0.05, 0.1) is 5.69 Å². The van der Waals surface area contributed by atoms with Gasteiger partial charge in [-0.3, -0.25) is 14.9 Å². The van der Waals surface area contributed by atoms with Crippen molar-refractivity contribution in [2.75, 3.05) is 26.2 Å². The highest BCUT2D eigenvalue weighted by atomic mass is 15.3. The number of H-pyrrole nitrogens is 1. The zero-order valence-electron chi connectivity index (χ0n) is 13.2. The summed E-state index contributed by atoms with van der Waals surface area (Å²) in [5, 5.41) is 7.72. The fraction of sp³-hybridized carbons (Fsp3) is 0.812. The van der Waals surface area contributed by atoms with E-state index < -0.39 is 0 Å². The van der Waals surface area contributed by atoms with E-state index in [4.69, 9.17) is 0 Å². The van der Waals surface area contributed by atoms with Crippen molar-refractivity contribution in [3.63, 3.8) is 0 Å². The van der Waals surface area contributed by atoms with Gasteiger partial charge in [-0.1, -0.05) is 20.8 Å². The van der Waals surface area contributed by atoms with Crippen molar-refractivity contribution in [1.29, 1.82) is 0 Å². The zero-order chi connectivity index (χ0) is 14.2. The molecular weight excluding hydrogens is 248 g/mol. The normalized spacial score (nSPS) is 25.6. The third-order valence-electron chi connectivity index (χ3n) is 4.68. The lowest BCUT2D eigenvalue weighted by Gasteiger charge is -2.25. The molecule has 0 aliphatic carbocycles. The summed E-state index contributed by atoms with van der Waals surface area (Å²) in [5.74, 6) is 0. The van der Waals surface area contributed by atoms with Crippen molar-refractivity contribution in [3.05, 3.63) is 17.5 Å². The molecule has 3 heterocycles. The van der Waals surface area contributed by atoms with Crippen LogP contribution in [0.4, 0.5) is 0 Å². The zero-order valence-corrected chi connectivity index (χ0v) is 13.2. The molecule has 112 valence electrons. The smallest absolute Gasteiger partial charge is 0.0678 e. The van der Waals surface area contributed by atoms with E-state index in [2.05, 4.69) is 46.8 Å². The Kier molecular flexibility index (Phi) is 3.87. The highest BCUT2D eigenvalue weighted by Crippen LogP contribution is 2.23. The monoisotopic (exact) mass is 276 g/mol. The first-order valence-corrected chi connectivity index (χ1v) is 8.03. The van der Waals surface area contributed by atoms with E-state index in [-0.39, 0.29) is 5.41 Å². The molecule has 2 fully saturated rings. The Morgan fingerprint density at radius 2 is 2.05 bits per heavy atom. The Morgan fingerprint density at radius 3 is 2.80 bits per heavy atom. The first-order chi connectivity index (χ1) is 9.52. The maximum absolute atomic E-state index is 4.48. The van der Waals surface area contributed by atoms with Gasteiger partial charge in [-0.2, -0.15) is 5.10 Å². The lowest BCUT2D eigenvalue weighted by molar-refractivity contribution is 0.214. The molecule has 4 heteroatoms. The van der Waals surface area contributed by atoms with Crippen LogP contribution in [0.25, 0.3) is 0 Å². The molecule has 0 spiro atoms. The Morgan fingerprint density at radius 1 is 1.25 bits per heavy atom. The Labute approximate surface area is 122 Å². The van der Waals surface area contributed by atoms with Crippen LogP contribution in [0, 0.1) is 0 Å². The molecule has 0 unspecified atom stereocenters. The molecule has 1 N–H and O–H groups in total. The second-order valence-corrected chi connectivity index (χ2v) is 7.45. The van der Waals surface area contributed by atoms with Gasteiger partial charge in [-0.15, -0.1) is 0 Å². The predicted octanol–water partition coefficient (Wildman–Crippen LogP) is 2.38. The van der Waals surface area contributed by atoms with Crippen LogP contribution in [0.15, 0.2) is 6.07 Å². The van der Waals surface area contributed by atoms with Crippen molar-refractivity contribution in [2.45, 2.75) is 58.0 Å². The maximum Gasteiger partial charge on any atom is 0.0678 e. The quantitative estimate of drug-likeness (QED) is 0.901. The number of hydrogen-bond donors (Lipinski definition) is 1. The van der Waals surface area contributed by atoms with E-state index in [1.807, 2.05) is 0 Å². The number of aromatic nitrogens is 2. The molecule has 0 bridgehead atoms. The minimum atomic E-state index is 0.135. The molecule has 1 aromatic rings. The fourth-order valence-corrected chi connectivity index (χ4v) is 3.49. The summed E-state index contributed by atoms with van der Waals surface area (Å²) in [5.41, 5.74) is 2.57. The lowest BCUT2D eigenvalue weighted by Crippen LogP contribution is -2.36. The molecule has 2 aliphatic heterocycles. The maximum atomic E-state index is 4.48. The average molecular weight is 276 g/mol. The third kappa shape index (κ3) is 3.07. The third-order valence-corrected chi connectivity index (χ3v) is 4.68. The van der Waals surface area contributed by atoms with Crippen molar-refractivity contribution >= 4 is 0 Å². The minimum Gasteiger partial charge on any atom is -0.299 e. The highest BCUT2D eigenvalue weighted by Gasteiger charge is 2.29. The van der Waals surface area contributed by atoms with Gasteiger partial charge in [0.15, 0.2) is 0 Å². The predicted molar refractivity (Wildman–Crippen MR) is 81.8 cm³/mol. The molecule has 1 atom stereocenters. The first-order valence-electron chi connectivity index (χ1n) is 8.03. The van der Waals surface area contributed by atoms with Gasteiger partial charge in [-0.25, -0.2) is 0 Å². The second-order valence-electron chi connectivity index (χ2n) is 7.45. The van der Waals surface area contributed by atoms with Gasteiger partial charge in [0.2, 0.25) is 0 Å². The number of rotatable bonds is 2. The highest BCUT2D eigenvalue weighted by molar-refractivity contribution is 5.16.